The van der Waals surface area contributed by atoms with Gasteiger partial charge in [0.15, 0.2) is 5.78 Å². The number of aromatic hydroxyl groups is 1. The first-order chi connectivity index (χ1) is 18.3. The zero-order valence-electron chi connectivity index (χ0n) is 22.0. The Balaban J connectivity index is 1.51. The van der Waals surface area contributed by atoms with Crippen molar-refractivity contribution in [3.05, 3.63) is 101 Å². The highest BCUT2D eigenvalue weighted by Crippen LogP contribution is 2.13. The number of aryl methyl sites for hydroxylation is 2. The molecule has 7 heteroatoms. The van der Waals surface area contributed by atoms with Crippen molar-refractivity contribution in [3.8, 4) is 5.75 Å². The summed E-state index contributed by atoms with van der Waals surface area (Å²) in [5.74, 6) is -0.315. The first kappa shape index (κ1) is 28.6. The van der Waals surface area contributed by atoms with Crippen molar-refractivity contribution in [3.63, 3.8) is 0 Å². The van der Waals surface area contributed by atoms with Gasteiger partial charge in [-0.05, 0) is 61.1 Å². The summed E-state index contributed by atoms with van der Waals surface area (Å²) in [7, 11) is 0. The molecule has 3 aromatic rings. The summed E-state index contributed by atoms with van der Waals surface area (Å²) in [6.45, 7) is 2.82. The molecule has 2 atom stereocenters. The zero-order chi connectivity index (χ0) is 27.3. The van der Waals surface area contributed by atoms with E-state index in [1.807, 2.05) is 42.5 Å². The van der Waals surface area contributed by atoms with Crippen molar-refractivity contribution < 1.29 is 14.7 Å². The van der Waals surface area contributed by atoms with Crippen LogP contribution in [0.1, 0.15) is 48.4 Å². The lowest BCUT2D eigenvalue weighted by molar-refractivity contribution is -0.129. The fourth-order valence-corrected chi connectivity index (χ4v) is 4.27. The minimum Gasteiger partial charge on any atom is -0.508 e. The van der Waals surface area contributed by atoms with E-state index in [4.69, 9.17) is 11.1 Å². The molecule has 0 saturated carbocycles. The maximum absolute atomic E-state index is 13.3. The van der Waals surface area contributed by atoms with Crippen molar-refractivity contribution in [2.45, 2.75) is 51.6 Å². The van der Waals surface area contributed by atoms with Gasteiger partial charge in [0.25, 0.3) is 0 Å². The largest absolute Gasteiger partial charge is 0.508 e. The van der Waals surface area contributed by atoms with Gasteiger partial charge in [-0.2, -0.15) is 0 Å². The minimum absolute atomic E-state index is 0.00324. The standard InChI is InChI=1S/C31H38N4O3/c1-22(31(38)35-21-25-9-14-26(15-10-25)30(32)33)20-29(37)28(18-13-23-6-3-2-4-7-23)34-19-5-8-24-11-16-27(36)17-12-24/h2-4,6-7,9-12,14-17,22,28,34,36H,5,8,13,18-21H2,1H3,(H3,32,33)(H,35,38)/t22-,28-/m1/s1. The van der Waals surface area contributed by atoms with Gasteiger partial charge in [-0.1, -0.05) is 73.7 Å². The monoisotopic (exact) mass is 514 g/mol. The summed E-state index contributed by atoms with van der Waals surface area (Å²) >= 11 is 0. The van der Waals surface area contributed by atoms with E-state index in [-0.39, 0.29) is 35.7 Å². The van der Waals surface area contributed by atoms with Gasteiger partial charge in [0.1, 0.15) is 11.6 Å². The van der Waals surface area contributed by atoms with Crippen molar-refractivity contribution in [2.75, 3.05) is 6.54 Å². The van der Waals surface area contributed by atoms with E-state index in [2.05, 4.69) is 22.8 Å². The smallest absolute Gasteiger partial charge is 0.223 e. The van der Waals surface area contributed by atoms with Crippen molar-refractivity contribution in [2.24, 2.45) is 11.7 Å². The average Bonchev–Trinajstić information content (AvgIpc) is 2.92. The number of phenols is 1. The number of amidine groups is 1. The summed E-state index contributed by atoms with van der Waals surface area (Å²) in [6, 6.07) is 24.1. The lowest BCUT2D eigenvalue weighted by atomic mass is 9.95. The van der Waals surface area contributed by atoms with Gasteiger partial charge in [-0.15, -0.1) is 0 Å². The highest BCUT2D eigenvalue weighted by atomic mass is 16.3. The van der Waals surface area contributed by atoms with Crippen LogP contribution in [0, 0.1) is 11.3 Å². The van der Waals surface area contributed by atoms with Crippen molar-refractivity contribution in [1.82, 2.24) is 10.6 Å². The summed E-state index contributed by atoms with van der Waals surface area (Å²) in [4.78, 5) is 26.0. The molecular formula is C31H38N4O3. The fraction of sp³-hybridized carbons (Fsp3) is 0.323. The summed E-state index contributed by atoms with van der Waals surface area (Å²) < 4.78 is 0. The number of ketones is 1. The normalized spacial score (nSPS) is 12.4. The SMILES string of the molecule is C[C@H](CC(=O)[C@@H](CCc1ccccc1)NCCCc1ccc(O)cc1)C(=O)NCc1ccc(C(=N)N)cc1. The zero-order valence-corrected chi connectivity index (χ0v) is 22.0. The van der Waals surface area contributed by atoms with Gasteiger partial charge < -0.3 is 21.5 Å². The molecule has 3 rings (SSSR count). The molecule has 0 aliphatic rings. The quantitative estimate of drug-likeness (QED) is 0.118. The molecule has 0 aromatic heterocycles. The maximum Gasteiger partial charge on any atom is 0.223 e. The molecule has 0 fully saturated rings. The van der Waals surface area contributed by atoms with Crippen LogP contribution in [-0.4, -0.2) is 35.2 Å². The van der Waals surface area contributed by atoms with Crippen LogP contribution in [0.5, 0.6) is 5.75 Å². The Morgan fingerprint density at radius 2 is 1.53 bits per heavy atom. The third-order valence-electron chi connectivity index (χ3n) is 6.61. The number of nitrogens with two attached hydrogens (primary N) is 1. The minimum atomic E-state index is -0.447. The van der Waals surface area contributed by atoms with E-state index in [1.165, 1.54) is 5.56 Å². The van der Waals surface area contributed by atoms with Crippen LogP contribution in [0.15, 0.2) is 78.9 Å². The number of carbonyl (C=O) groups is 2. The predicted molar refractivity (Wildman–Crippen MR) is 151 cm³/mol. The Kier molecular flexibility index (Phi) is 11.1. The number of Topliss-reactive ketones (excluding diaryl/α,β-unsaturated/α-hetero) is 1. The Morgan fingerprint density at radius 1 is 0.895 bits per heavy atom. The maximum atomic E-state index is 13.3. The molecule has 0 spiro atoms. The van der Waals surface area contributed by atoms with Crippen LogP contribution in [0.2, 0.25) is 0 Å². The number of hydrogen-bond acceptors (Lipinski definition) is 5. The molecule has 0 aliphatic heterocycles. The van der Waals surface area contributed by atoms with Gasteiger partial charge in [0.05, 0.1) is 6.04 Å². The van der Waals surface area contributed by atoms with Crippen LogP contribution in [0.4, 0.5) is 0 Å². The van der Waals surface area contributed by atoms with Crippen molar-refractivity contribution in [1.29, 1.82) is 5.41 Å². The van der Waals surface area contributed by atoms with Crippen LogP contribution < -0.4 is 16.4 Å². The van der Waals surface area contributed by atoms with Gasteiger partial charge in [0.2, 0.25) is 5.91 Å². The van der Waals surface area contributed by atoms with E-state index in [9.17, 15) is 14.7 Å². The number of amides is 1. The van der Waals surface area contributed by atoms with Gasteiger partial charge in [0, 0.05) is 24.4 Å². The molecule has 0 heterocycles. The second kappa shape index (κ2) is 14.7. The molecule has 3 aromatic carbocycles. The predicted octanol–water partition coefficient (Wildman–Crippen LogP) is 4.11. The molecule has 0 aliphatic carbocycles. The number of benzene rings is 3. The van der Waals surface area contributed by atoms with E-state index in [0.29, 0.717) is 25.1 Å². The van der Waals surface area contributed by atoms with E-state index < -0.39 is 5.92 Å². The van der Waals surface area contributed by atoms with E-state index in [0.717, 1.165) is 30.4 Å². The Morgan fingerprint density at radius 3 is 2.18 bits per heavy atom. The number of carbonyl (C=O) groups excluding carboxylic acids is 2. The molecule has 0 unspecified atom stereocenters. The topological polar surface area (TPSA) is 128 Å². The van der Waals surface area contributed by atoms with Crippen molar-refractivity contribution >= 4 is 17.5 Å². The second-order valence-electron chi connectivity index (χ2n) is 9.70. The first-order valence-electron chi connectivity index (χ1n) is 13.1. The summed E-state index contributed by atoms with van der Waals surface area (Å²) in [5, 5.41) is 23.3. The van der Waals surface area contributed by atoms with E-state index in [1.54, 1.807) is 31.2 Å². The molecular weight excluding hydrogens is 476 g/mol. The molecule has 7 nitrogen and oxygen atoms in total. The number of nitrogen functional groups attached to an aromatic ring is 1. The third kappa shape index (κ3) is 9.48. The van der Waals surface area contributed by atoms with Crippen LogP contribution in [0.3, 0.4) is 0 Å². The molecule has 0 radical (unpaired) electrons. The average molecular weight is 515 g/mol. The highest BCUT2D eigenvalue weighted by Gasteiger charge is 2.23. The highest BCUT2D eigenvalue weighted by molar-refractivity contribution is 5.94. The number of phenolic OH excluding ortho intramolecular Hbond substituents is 1. The fourth-order valence-electron chi connectivity index (χ4n) is 4.27. The second-order valence-corrected chi connectivity index (χ2v) is 9.70. The van der Waals surface area contributed by atoms with E-state index >= 15 is 0 Å². The molecule has 0 bridgehead atoms. The summed E-state index contributed by atoms with van der Waals surface area (Å²) in [6.07, 6.45) is 3.31. The molecule has 200 valence electrons. The summed E-state index contributed by atoms with van der Waals surface area (Å²) in [5.41, 5.74) is 9.34. The lowest BCUT2D eigenvalue weighted by Crippen LogP contribution is -2.40. The van der Waals surface area contributed by atoms with Gasteiger partial charge in [-0.25, -0.2) is 0 Å². The number of rotatable bonds is 15. The third-order valence-corrected chi connectivity index (χ3v) is 6.61. The molecule has 38 heavy (non-hydrogen) atoms. The van der Waals surface area contributed by atoms with Crippen LogP contribution >= 0.6 is 0 Å². The van der Waals surface area contributed by atoms with Gasteiger partial charge >= 0.3 is 0 Å². The van der Waals surface area contributed by atoms with Crippen LogP contribution in [0.25, 0.3) is 0 Å². The Bertz CT molecular complexity index is 1180. The van der Waals surface area contributed by atoms with Gasteiger partial charge in [-0.3, -0.25) is 15.0 Å². The molecule has 0 saturated heterocycles. The Labute approximate surface area is 225 Å². The molecule has 1 amide bonds. The number of hydrogen-bond donors (Lipinski definition) is 5. The number of nitrogens with one attached hydrogen (secondary N) is 3. The lowest BCUT2D eigenvalue weighted by Gasteiger charge is -2.20. The van der Waals surface area contributed by atoms with Crippen LogP contribution in [-0.2, 0) is 29.0 Å². The Hall–Kier alpha value is -3.97. The molecule has 6 N–H and O–H groups in total. The first-order valence-corrected chi connectivity index (χ1v) is 13.1.